The van der Waals surface area contributed by atoms with Crippen LogP contribution in [0.4, 0.5) is 0 Å². The van der Waals surface area contributed by atoms with E-state index in [1.807, 2.05) is 32.9 Å². The van der Waals surface area contributed by atoms with Crippen molar-refractivity contribution in [2.75, 3.05) is 19.8 Å². The van der Waals surface area contributed by atoms with Gasteiger partial charge in [0.2, 0.25) is 0 Å². The van der Waals surface area contributed by atoms with Crippen LogP contribution in [-0.4, -0.2) is 28.6 Å². The third-order valence-electron chi connectivity index (χ3n) is 3.11. The number of benzene rings is 2. The molecule has 0 atom stereocenters. The molecule has 20 heavy (non-hydrogen) atoms. The van der Waals surface area contributed by atoms with E-state index in [1.54, 1.807) is 0 Å². The molecular weight excluding hydrogens is 268 g/mol. The van der Waals surface area contributed by atoms with Crippen molar-refractivity contribution in [3.8, 4) is 0 Å². The summed E-state index contributed by atoms with van der Waals surface area (Å²) < 4.78 is 17.8. The Balaban J connectivity index is 2.48. The minimum absolute atomic E-state index is 0.582. The molecule has 3 nitrogen and oxygen atoms in total. The van der Waals surface area contributed by atoms with Gasteiger partial charge in [0.05, 0.1) is 0 Å². The quantitative estimate of drug-likeness (QED) is 0.733. The van der Waals surface area contributed by atoms with Crippen LogP contribution >= 0.6 is 0 Å². The Morgan fingerprint density at radius 3 is 1.85 bits per heavy atom. The molecule has 0 amide bonds. The Morgan fingerprint density at radius 1 is 0.750 bits per heavy atom. The highest BCUT2D eigenvalue weighted by atomic mass is 28.4. The molecule has 0 spiro atoms. The Labute approximate surface area is 121 Å². The van der Waals surface area contributed by atoms with Crippen molar-refractivity contribution < 1.29 is 13.3 Å². The number of fused-ring (bicyclic) bond motifs is 1. The van der Waals surface area contributed by atoms with E-state index >= 15 is 0 Å². The number of hydrogen-bond donors (Lipinski definition) is 0. The molecule has 0 aromatic heterocycles. The molecular formula is C16H22O3Si. The summed E-state index contributed by atoms with van der Waals surface area (Å²) in [5.41, 5.74) is 0. The van der Waals surface area contributed by atoms with Gasteiger partial charge in [-0.05, 0) is 37.6 Å². The maximum Gasteiger partial charge on any atom is 0.537 e. The maximum absolute atomic E-state index is 5.94. The normalized spacial score (nSPS) is 11.9. The van der Waals surface area contributed by atoms with E-state index in [0.29, 0.717) is 19.8 Å². The molecule has 108 valence electrons. The third-order valence-corrected chi connectivity index (χ3v) is 6.13. The van der Waals surface area contributed by atoms with E-state index in [2.05, 4.69) is 30.3 Å². The molecule has 0 radical (unpaired) electrons. The van der Waals surface area contributed by atoms with Crippen molar-refractivity contribution in [2.24, 2.45) is 0 Å². The lowest BCUT2D eigenvalue weighted by molar-refractivity contribution is 0.0859. The first-order valence-corrected chi connectivity index (χ1v) is 8.89. The summed E-state index contributed by atoms with van der Waals surface area (Å²) in [6, 6.07) is 14.6. The van der Waals surface area contributed by atoms with E-state index < -0.39 is 8.80 Å². The number of hydrogen-bond acceptors (Lipinski definition) is 3. The predicted octanol–water partition coefficient (Wildman–Crippen LogP) is 3.10. The Morgan fingerprint density at radius 2 is 1.30 bits per heavy atom. The molecule has 0 aliphatic carbocycles. The SMILES string of the molecule is CCO[Si](OCC)(OCC)c1ccc2ccccc2c1. The molecule has 0 heterocycles. The van der Waals surface area contributed by atoms with Crippen LogP contribution in [0.15, 0.2) is 42.5 Å². The van der Waals surface area contributed by atoms with Gasteiger partial charge in [-0.3, -0.25) is 0 Å². The summed E-state index contributed by atoms with van der Waals surface area (Å²) in [5.74, 6) is 0. The summed E-state index contributed by atoms with van der Waals surface area (Å²) in [7, 11) is -2.79. The zero-order valence-electron chi connectivity index (χ0n) is 12.4. The van der Waals surface area contributed by atoms with Gasteiger partial charge in [0.1, 0.15) is 0 Å². The van der Waals surface area contributed by atoms with Gasteiger partial charge in [-0.2, -0.15) is 0 Å². The van der Waals surface area contributed by atoms with E-state index in [1.165, 1.54) is 10.8 Å². The molecule has 0 N–H and O–H groups in total. The fourth-order valence-electron chi connectivity index (χ4n) is 2.32. The van der Waals surface area contributed by atoms with Gasteiger partial charge < -0.3 is 13.3 Å². The molecule has 0 aliphatic heterocycles. The monoisotopic (exact) mass is 290 g/mol. The topological polar surface area (TPSA) is 27.7 Å². The lowest BCUT2D eigenvalue weighted by Crippen LogP contribution is -2.56. The van der Waals surface area contributed by atoms with E-state index in [0.717, 1.165) is 5.19 Å². The molecule has 0 fully saturated rings. The van der Waals surface area contributed by atoms with Crippen LogP contribution in [0.1, 0.15) is 20.8 Å². The van der Waals surface area contributed by atoms with Crippen LogP contribution in [0.5, 0.6) is 0 Å². The van der Waals surface area contributed by atoms with Crippen molar-refractivity contribution in [2.45, 2.75) is 20.8 Å². The summed E-state index contributed by atoms with van der Waals surface area (Å²) >= 11 is 0. The van der Waals surface area contributed by atoms with Gasteiger partial charge in [-0.15, -0.1) is 0 Å². The zero-order chi connectivity index (χ0) is 14.4. The van der Waals surface area contributed by atoms with Gasteiger partial charge in [-0.25, -0.2) is 0 Å². The average molecular weight is 290 g/mol. The Bertz CT molecular complexity index is 539. The highest BCUT2D eigenvalue weighted by molar-refractivity contribution is 6.75. The third kappa shape index (κ3) is 3.10. The first-order valence-electron chi connectivity index (χ1n) is 7.17. The fraction of sp³-hybridized carbons (Fsp3) is 0.375. The lowest BCUT2D eigenvalue weighted by Gasteiger charge is -2.28. The van der Waals surface area contributed by atoms with Gasteiger partial charge in [0.15, 0.2) is 0 Å². The predicted molar refractivity (Wildman–Crippen MR) is 84.2 cm³/mol. The van der Waals surface area contributed by atoms with Crippen LogP contribution in [0.2, 0.25) is 0 Å². The summed E-state index contributed by atoms with van der Waals surface area (Å²) in [6.45, 7) is 7.67. The van der Waals surface area contributed by atoms with Gasteiger partial charge in [-0.1, -0.05) is 36.4 Å². The van der Waals surface area contributed by atoms with Gasteiger partial charge >= 0.3 is 8.80 Å². The average Bonchev–Trinajstić information content (AvgIpc) is 2.47. The molecule has 0 bridgehead atoms. The van der Waals surface area contributed by atoms with Crippen LogP contribution in [0.3, 0.4) is 0 Å². The second-order valence-electron chi connectivity index (χ2n) is 4.42. The minimum atomic E-state index is -2.79. The molecule has 2 aromatic rings. The molecule has 4 heteroatoms. The van der Waals surface area contributed by atoms with Crippen molar-refractivity contribution in [1.29, 1.82) is 0 Å². The van der Waals surface area contributed by atoms with Crippen LogP contribution in [0.25, 0.3) is 10.8 Å². The smallest absolute Gasteiger partial charge is 0.370 e. The summed E-state index contributed by atoms with van der Waals surface area (Å²) in [4.78, 5) is 0. The standard InChI is InChI=1S/C16H22O3Si/c1-4-17-20(18-5-2,19-6-3)16-12-11-14-9-7-8-10-15(14)13-16/h7-13H,4-6H2,1-3H3. The second kappa shape index (κ2) is 6.99. The maximum atomic E-state index is 5.94. The second-order valence-corrected chi connectivity index (χ2v) is 6.97. The molecule has 2 aromatic carbocycles. The van der Waals surface area contributed by atoms with E-state index in [9.17, 15) is 0 Å². The van der Waals surface area contributed by atoms with Gasteiger partial charge in [0, 0.05) is 25.0 Å². The largest absolute Gasteiger partial charge is 0.537 e. The first-order chi connectivity index (χ1) is 9.75. The number of rotatable bonds is 7. The highest BCUT2D eigenvalue weighted by Crippen LogP contribution is 2.16. The molecule has 0 aliphatic rings. The minimum Gasteiger partial charge on any atom is -0.370 e. The van der Waals surface area contributed by atoms with Crippen molar-refractivity contribution >= 4 is 24.8 Å². The molecule has 2 rings (SSSR count). The molecule has 0 saturated heterocycles. The van der Waals surface area contributed by atoms with Crippen molar-refractivity contribution in [3.63, 3.8) is 0 Å². The van der Waals surface area contributed by atoms with E-state index in [-0.39, 0.29) is 0 Å². The zero-order valence-corrected chi connectivity index (χ0v) is 13.4. The van der Waals surface area contributed by atoms with Crippen molar-refractivity contribution in [1.82, 2.24) is 0 Å². The van der Waals surface area contributed by atoms with E-state index in [4.69, 9.17) is 13.3 Å². The van der Waals surface area contributed by atoms with Crippen molar-refractivity contribution in [3.05, 3.63) is 42.5 Å². The highest BCUT2D eigenvalue weighted by Gasteiger charge is 2.43. The van der Waals surface area contributed by atoms with Crippen LogP contribution in [-0.2, 0) is 13.3 Å². The van der Waals surface area contributed by atoms with Crippen LogP contribution < -0.4 is 5.19 Å². The van der Waals surface area contributed by atoms with Crippen LogP contribution in [0, 0.1) is 0 Å². The van der Waals surface area contributed by atoms with Gasteiger partial charge in [0.25, 0.3) is 0 Å². The molecule has 0 saturated carbocycles. The first kappa shape index (κ1) is 15.2. The Hall–Kier alpha value is -1.20. The lowest BCUT2D eigenvalue weighted by atomic mass is 10.1. The fourth-order valence-corrected chi connectivity index (χ4v) is 4.83. The molecule has 0 unspecified atom stereocenters. The summed E-state index contributed by atoms with van der Waals surface area (Å²) in [5, 5.41) is 3.42. The summed E-state index contributed by atoms with van der Waals surface area (Å²) in [6.07, 6.45) is 0. The Kier molecular flexibility index (Phi) is 5.31.